The van der Waals surface area contributed by atoms with E-state index in [4.69, 9.17) is 10.3 Å². The van der Waals surface area contributed by atoms with Crippen LogP contribution in [0, 0.1) is 0 Å². The maximum absolute atomic E-state index is 5.30. The average molecular weight is 138 g/mol. The first kappa shape index (κ1) is 7.02. The molecule has 0 atom stereocenters. The molecule has 0 saturated carbocycles. The van der Waals surface area contributed by atoms with Crippen LogP contribution in [-0.2, 0) is 6.54 Å². The fraction of sp³-hybridized carbons (Fsp3) is 0.286. The largest absolute Gasteiger partial charge is 0.359 e. The summed E-state index contributed by atoms with van der Waals surface area (Å²) in [4.78, 5) is 0. The minimum absolute atomic E-state index is 0.389. The van der Waals surface area contributed by atoms with Gasteiger partial charge in [-0.15, -0.1) is 0 Å². The molecule has 3 heteroatoms. The van der Waals surface area contributed by atoms with Crippen molar-refractivity contribution < 1.29 is 4.52 Å². The molecule has 54 valence electrons. The molecule has 2 N–H and O–H groups in total. The minimum atomic E-state index is 0.389. The molecule has 0 aliphatic heterocycles. The lowest BCUT2D eigenvalue weighted by Crippen LogP contribution is -1.92. The summed E-state index contributed by atoms with van der Waals surface area (Å²) in [5.41, 5.74) is 6.97. The number of aromatic nitrogens is 1. The second kappa shape index (κ2) is 2.66. The molecule has 1 rings (SSSR count). The number of hydrogen-bond donors (Lipinski definition) is 1. The van der Waals surface area contributed by atoms with Gasteiger partial charge in [-0.05, 0) is 12.5 Å². The van der Waals surface area contributed by atoms with Gasteiger partial charge < -0.3 is 10.3 Å². The number of rotatable bonds is 2. The van der Waals surface area contributed by atoms with Gasteiger partial charge in [-0.25, -0.2) is 0 Å². The van der Waals surface area contributed by atoms with Crippen LogP contribution in [0.25, 0.3) is 5.57 Å². The monoisotopic (exact) mass is 138 g/mol. The summed E-state index contributed by atoms with van der Waals surface area (Å²) in [6.07, 6.45) is 0. The normalized spacial score (nSPS) is 9.80. The molecule has 0 amide bonds. The molecule has 0 aliphatic rings. The lowest BCUT2D eigenvalue weighted by atomic mass is 10.2. The van der Waals surface area contributed by atoms with Crippen molar-refractivity contribution in [2.45, 2.75) is 13.5 Å². The Morgan fingerprint density at radius 2 is 2.60 bits per heavy atom. The lowest BCUT2D eigenvalue weighted by molar-refractivity contribution is 0.383. The summed E-state index contributed by atoms with van der Waals surface area (Å²) >= 11 is 0. The summed E-state index contributed by atoms with van der Waals surface area (Å²) in [5, 5.41) is 3.73. The average Bonchev–Trinajstić information content (AvgIpc) is 2.34. The van der Waals surface area contributed by atoms with E-state index in [0.717, 1.165) is 11.3 Å². The molecule has 1 aromatic rings. The molecule has 3 nitrogen and oxygen atoms in total. The third-order valence-corrected chi connectivity index (χ3v) is 1.20. The maximum Gasteiger partial charge on any atom is 0.150 e. The first-order valence-electron chi connectivity index (χ1n) is 3.05. The number of nitrogens with zero attached hydrogens (tertiary/aromatic N) is 1. The highest BCUT2D eigenvalue weighted by Crippen LogP contribution is 2.10. The molecule has 0 radical (unpaired) electrons. The Balaban J connectivity index is 2.88. The fourth-order valence-corrected chi connectivity index (χ4v) is 0.610. The topological polar surface area (TPSA) is 52.0 Å². The van der Waals surface area contributed by atoms with Gasteiger partial charge in [0.2, 0.25) is 0 Å². The van der Waals surface area contributed by atoms with Crippen molar-refractivity contribution in [3.8, 4) is 0 Å². The quantitative estimate of drug-likeness (QED) is 0.667. The lowest BCUT2D eigenvalue weighted by Gasteiger charge is -1.83. The van der Waals surface area contributed by atoms with Gasteiger partial charge in [-0.1, -0.05) is 11.7 Å². The summed E-state index contributed by atoms with van der Waals surface area (Å²) in [7, 11) is 0. The van der Waals surface area contributed by atoms with Crippen molar-refractivity contribution in [2.75, 3.05) is 0 Å². The minimum Gasteiger partial charge on any atom is -0.359 e. The zero-order valence-corrected chi connectivity index (χ0v) is 5.92. The highest BCUT2D eigenvalue weighted by atomic mass is 16.5. The second-order valence-electron chi connectivity index (χ2n) is 2.16. The van der Waals surface area contributed by atoms with Crippen LogP contribution in [-0.4, -0.2) is 5.16 Å². The van der Waals surface area contributed by atoms with E-state index in [1.54, 1.807) is 6.07 Å². The zero-order chi connectivity index (χ0) is 7.56. The Hall–Kier alpha value is -1.09. The van der Waals surface area contributed by atoms with Crippen LogP contribution in [0.15, 0.2) is 17.2 Å². The van der Waals surface area contributed by atoms with Gasteiger partial charge in [0, 0.05) is 6.07 Å². The molecular formula is C7H10N2O. The van der Waals surface area contributed by atoms with Crippen LogP contribution >= 0.6 is 0 Å². The molecular weight excluding hydrogens is 128 g/mol. The van der Waals surface area contributed by atoms with Gasteiger partial charge in [0.05, 0.1) is 6.54 Å². The molecule has 0 spiro atoms. The molecule has 0 unspecified atom stereocenters. The number of allylic oxidation sites excluding steroid dienone is 1. The van der Waals surface area contributed by atoms with Crippen LogP contribution in [0.1, 0.15) is 18.4 Å². The highest BCUT2D eigenvalue weighted by Gasteiger charge is 2.00. The van der Waals surface area contributed by atoms with Crippen LogP contribution in [0.4, 0.5) is 0 Å². The Kier molecular flexibility index (Phi) is 1.87. The second-order valence-corrected chi connectivity index (χ2v) is 2.16. The van der Waals surface area contributed by atoms with Crippen molar-refractivity contribution in [1.82, 2.24) is 5.16 Å². The van der Waals surface area contributed by atoms with Crippen molar-refractivity contribution in [3.63, 3.8) is 0 Å². The van der Waals surface area contributed by atoms with Gasteiger partial charge in [-0.2, -0.15) is 0 Å². The van der Waals surface area contributed by atoms with E-state index < -0.39 is 0 Å². The standard InChI is InChI=1S/C7H10N2O/c1-5(2)7-3-6(4-8)10-9-7/h3H,1,4,8H2,2H3. The van der Waals surface area contributed by atoms with Gasteiger partial charge >= 0.3 is 0 Å². The van der Waals surface area contributed by atoms with E-state index in [0.29, 0.717) is 12.3 Å². The molecule has 1 aromatic heterocycles. The fourth-order valence-electron chi connectivity index (χ4n) is 0.610. The zero-order valence-electron chi connectivity index (χ0n) is 5.92. The van der Waals surface area contributed by atoms with Gasteiger partial charge in [0.15, 0.2) is 5.76 Å². The van der Waals surface area contributed by atoms with Crippen molar-refractivity contribution in [3.05, 3.63) is 24.1 Å². The van der Waals surface area contributed by atoms with Gasteiger partial charge in [0.1, 0.15) is 5.69 Å². The van der Waals surface area contributed by atoms with E-state index >= 15 is 0 Å². The van der Waals surface area contributed by atoms with Crippen LogP contribution in [0.2, 0.25) is 0 Å². The smallest absolute Gasteiger partial charge is 0.150 e. The highest BCUT2D eigenvalue weighted by molar-refractivity contribution is 5.57. The van der Waals surface area contributed by atoms with Crippen LogP contribution in [0.5, 0.6) is 0 Å². The third-order valence-electron chi connectivity index (χ3n) is 1.20. The Labute approximate surface area is 59.5 Å². The molecule has 0 saturated heterocycles. The van der Waals surface area contributed by atoms with E-state index in [9.17, 15) is 0 Å². The third kappa shape index (κ3) is 1.25. The summed E-state index contributed by atoms with van der Waals surface area (Å²) in [6, 6.07) is 1.79. The molecule has 1 heterocycles. The van der Waals surface area contributed by atoms with Gasteiger partial charge in [0.25, 0.3) is 0 Å². The van der Waals surface area contributed by atoms with Crippen molar-refractivity contribution in [2.24, 2.45) is 5.73 Å². The predicted octanol–water partition coefficient (Wildman–Crippen LogP) is 1.17. The first-order chi connectivity index (χ1) is 4.74. The Bertz CT molecular complexity index is 240. The SMILES string of the molecule is C=C(C)c1cc(CN)on1. The molecule has 0 fully saturated rings. The van der Waals surface area contributed by atoms with E-state index in [1.165, 1.54) is 0 Å². The van der Waals surface area contributed by atoms with E-state index in [-0.39, 0.29) is 0 Å². The number of nitrogens with two attached hydrogens (primary N) is 1. The predicted molar refractivity (Wildman–Crippen MR) is 39.1 cm³/mol. The Morgan fingerprint density at radius 1 is 1.90 bits per heavy atom. The molecule has 0 aliphatic carbocycles. The van der Waals surface area contributed by atoms with Crippen molar-refractivity contribution >= 4 is 5.57 Å². The van der Waals surface area contributed by atoms with Gasteiger partial charge in [-0.3, -0.25) is 0 Å². The molecule has 0 aromatic carbocycles. The van der Waals surface area contributed by atoms with E-state index in [2.05, 4.69) is 11.7 Å². The van der Waals surface area contributed by atoms with Crippen LogP contribution < -0.4 is 5.73 Å². The van der Waals surface area contributed by atoms with Crippen LogP contribution in [0.3, 0.4) is 0 Å². The summed E-state index contributed by atoms with van der Waals surface area (Å²) < 4.78 is 4.84. The molecule has 0 bridgehead atoms. The Morgan fingerprint density at radius 3 is 2.90 bits per heavy atom. The number of hydrogen-bond acceptors (Lipinski definition) is 3. The summed E-state index contributed by atoms with van der Waals surface area (Å²) in [5.74, 6) is 0.693. The van der Waals surface area contributed by atoms with E-state index in [1.807, 2.05) is 6.92 Å². The van der Waals surface area contributed by atoms with Crippen molar-refractivity contribution in [1.29, 1.82) is 0 Å². The molecule has 10 heavy (non-hydrogen) atoms. The summed E-state index contributed by atoms with van der Waals surface area (Å²) in [6.45, 7) is 5.97. The maximum atomic E-state index is 5.30. The first-order valence-corrected chi connectivity index (χ1v) is 3.05.